The highest BCUT2D eigenvalue weighted by atomic mass is 32.2. The lowest BCUT2D eigenvalue weighted by Gasteiger charge is -2.15. The third kappa shape index (κ3) is 7.06. The lowest BCUT2D eigenvalue weighted by atomic mass is 10.1. The number of carbonyl (C=O) groups is 3. The maximum absolute atomic E-state index is 13.9. The van der Waals surface area contributed by atoms with E-state index in [1.54, 1.807) is 65.2 Å². The van der Waals surface area contributed by atoms with Gasteiger partial charge in [0.25, 0.3) is 11.8 Å². The van der Waals surface area contributed by atoms with Crippen LogP contribution in [0.4, 0.5) is 5.69 Å². The van der Waals surface area contributed by atoms with E-state index in [0.717, 1.165) is 26.7 Å². The Labute approximate surface area is 293 Å². The number of nitrogens with one attached hydrogen (secondary N) is 2. The van der Waals surface area contributed by atoms with E-state index in [0.29, 0.717) is 34.1 Å². The second-order valence-corrected chi connectivity index (χ2v) is 12.7. The molecule has 1 atom stereocenters. The summed E-state index contributed by atoms with van der Waals surface area (Å²) < 4.78 is 18.2. The van der Waals surface area contributed by atoms with Crippen molar-refractivity contribution < 1.29 is 28.6 Å². The van der Waals surface area contributed by atoms with Crippen LogP contribution in [-0.2, 0) is 4.79 Å². The fourth-order valence-corrected chi connectivity index (χ4v) is 6.70. The van der Waals surface area contributed by atoms with Crippen LogP contribution in [0, 0.1) is 0 Å². The molecule has 0 saturated heterocycles. The minimum absolute atomic E-state index is 0.0129. The number of methoxy groups -OCH3 is 3. The average molecular weight is 686 g/mol. The largest absolute Gasteiger partial charge is 0.493 e. The molecule has 2 amide bonds. The van der Waals surface area contributed by atoms with Crippen LogP contribution < -0.4 is 24.8 Å². The zero-order chi connectivity index (χ0) is 35.2. The quantitative estimate of drug-likeness (QED) is 0.105. The number of nitrogens with zero attached hydrogens (tertiary/aromatic N) is 1. The molecule has 0 radical (unpaired) electrons. The van der Waals surface area contributed by atoms with E-state index in [1.165, 1.54) is 39.2 Å². The smallest absolute Gasteiger partial charge is 0.272 e. The summed E-state index contributed by atoms with van der Waals surface area (Å²) in [4.78, 5) is 41.7. The summed E-state index contributed by atoms with van der Waals surface area (Å²) >= 11 is 1.39. The predicted octanol–water partition coefficient (Wildman–Crippen LogP) is 8.05. The van der Waals surface area contributed by atoms with E-state index >= 15 is 0 Å². The summed E-state index contributed by atoms with van der Waals surface area (Å²) in [6, 6.07) is 35.0. The molecule has 6 rings (SSSR count). The Morgan fingerprint density at radius 1 is 0.720 bits per heavy atom. The third-order valence-corrected chi connectivity index (χ3v) is 9.16. The molecule has 0 aliphatic rings. The average Bonchev–Trinajstić information content (AvgIpc) is 3.48. The first-order chi connectivity index (χ1) is 24.3. The minimum Gasteiger partial charge on any atom is -0.493 e. The van der Waals surface area contributed by atoms with Crippen molar-refractivity contribution in [2.75, 3.05) is 26.6 Å². The van der Waals surface area contributed by atoms with Gasteiger partial charge in [-0.3, -0.25) is 19.0 Å². The van der Waals surface area contributed by atoms with Crippen LogP contribution in [0.1, 0.15) is 27.6 Å². The SMILES string of the molecule is COc1cc(/C=C(/NC(=O)c2ccccc2)C(=O)Nc2cccc(SC(C)C(=O)n3c4ccccc4c4ccccc43)c2)cc(OC)c1OC. The van der Waals surface area contributed by atoms with Crippen molar-refractivity contribution in [3.8, 4) is 17.2 Å². The number of ether oxygens (including phenoxy) is 3. The number of rotatable bonds is 11. The number of thioether (sulfide) groups is 1. The highest BCUT2D eigenvalue weighted by Gasteiger charge is 2.22. The number of para-hydroxylation sites is 2. The van der Waals surface area contributed by atoms with E-state index in [-0.39, 0.29) is 11.6 Å². The first-order valence-electron chi connectivity index (χ1n) is 15.8. The molecular weight excluding hydrogens is 651 g/mol. The number of benzene rings is 5. The Hall–Kier alpha value is -6.00. The summed E-state index contributed by atoms with van der Waals surface area (Å²) in [5.74, 6) is 0.108. The molecule has 0 aliphatic carbocycles. The van der Waals surface area contributed by atoms with Crippen LogP contribution in [0.5, 0.6) is 17.2 Å². The van der Waals surface area contributed by atoms with Gasteiger partial charge in [0.05, 0.1) is 37.6 Å². The number of hydrogen-bond donors (Lipinski definition) is 2. The number of amides is 2. The van der Waals surface area contributed by atoms with Gasteiger partial charge in [-0.25, -0.2) is 0 Å². The maximum atomic E-state index is 13.9. The number of anilines is 1. The van der Waals surface area contributed by atoms with Crippen LogP contribution >= 0.6 is 11.8 Å². The van der Waals surface area contributed by atoms with Gasteiger partial charge in [-0.05, 0) is 73.2 Å². The molecule has 2 N–H and O–H groups in total. The van der Waals surface area contributed by atoms with Crippen LogP contribution in [0.3, 0.4) is 0 Å². The molecule has 0 fully saturated rings. The van der Waals surface area contributed by atoms with Gasteiger partial charge in [-0.2, -0.15) is 0 Å². The van der Waals surface area contributed by atoms with Crippen molar-refractivity contribution in [3.63, 3.8) is 0 Å². The Morgan fingerprint density at radius 3 is 1.92 bits per heavy atom. The summed E-state index contributed by atoms with van der Waals surface area (Å²) in [5, 5.41) is 7.26. The van der Waals surface area contributed by atoms with Gasteiger partial charge >= 0.3 is 0 Å². The number of aromatic nitrogens is 1. The molecule has 6 aromatic rings. The van der Waals surface area contributed by atoms with E-state index in [9.17, 15) is 14.4 Å². The summed E-state index contributed by atoms with van der Waals surface area (Å²) in [6.45, 7) is 1.87. The molecule has 1 aromatic heterocycles. The second kappa shape index (κ2) is 15.0. The zero-order valence-electron chi connectivity index (χ0n) is 27.9. The first kappa shape index (κ1) is 33.9. The molecule has 0 saturated carbocycles. The van der Waals surface area contributed by atoms with Crippen molar-refractivity contribution in [2.24, 2.45) is 0 Å². The van der Waals surface area contributed by atoms with E-state index in [2.05, 4.69) is 10.6 Å². The standard InChI is InChI=1S/C40H35N3O6S/c1-25(40(46)43-33-19-10-8-17-30(33)31-18-9-11-20-34(31)43)50-29-16-12-15-28(24-29)41-39(45)32(42-38(44)27-13-6-5-7-14-27)21-26-22-35(47-2)37(49-4)36(23-26)48-3/h5-25H,1-4H3,(H,41,45)(H,42,44)/b32-21+. The molecule has 5 aromatic carbocycles. The van der Waals surface area contributed by atoms with E-state index < -0.39 is 17.1 Å². The molecule has 9 nitrogen and oxygen atoms in total. The van der Waals surface area contributed by atoms with Crippen molar-refractivity contribution in [1.82, 2.24) is 9.88 Å². The highest BCUT2D eigenvalue weighted by Crippen LogP contribution is 2.39. The van der Waals surface area contributed by atoms with Crippen LogP contribution in [-0.4, -0.2) is 48.9 Å². The molecule has 0 bridgehead atoms. The van der Waals surface area contributed by atoms with Gasteiger partial charge in [0.2, 0.25) is 11.7 Å². The fourth-order valence-electron chi connectivity index (χ4n) is 5.74. The fraction of sp³-hybridized carbons (Fsp3) is 0.125. The van der Waals surface area contributed by atoms with Gasteiger partial charge in [0, 0.05) is 26.9 Å². The Morgan fingerprint density at radius 2 is 1.32 bits per heavy atom. The lowest BCUT2D eigenvalue weighted by Crippen LogP contribution is -2.30. The van der Waals surface area contributed by atoms with Crippen LogP contribution in [0.2, 0.25) is 0 Å². The minimum atomic E-state index is -0.556. The summed E-state index contributed by atoms with van der Waals surface area (Å²) in [6.07, 6.45) is 1.53. The number of carbonyl (C=O) groups excluding carboxylic acids is 3. The summed E-state index contributed by atoms with van der Waals surface area (Å²) in [5.41, 5.74) is 3.10. The van der Waals surface area contributed by atoms with Gasteiger partial charge in [-0.15, -0.1) is 11.8 Å². The molecule has 252 valence electrons. The lowest BCUT2D eigenvalue weighted by molar-refractivity contribution is -0.113. The van der Waals surface area contributed by atoms with Crippen molar-refractivity contribution >= 4 is 63.1 Å². The monoisotopic (exact) mass is 685 g/mol. The predicted molar refractivity (Wildman–Crippen MR) is 198 cm³/mol. The van der Waals surface area contributed by atoms with Crippen molar-refractivity contribution in [3.05, 3.63) is 132 Å². The van der Waals surface area contributed by atoms with E-state index in [4.69, 9.17) is 14.2 Å². The summed E-state index contributed by atoms with van der Waals surface area (Å²) in [7, 11) is 4.50. The molecule has 0 spiro atoms. The van der Waals surface area contributed by atoms with Gasteiger partial charge < -0.3 is 24.8 Å². The molecule has 1 unspecified atom stereocenters. The van der Waals surface area contributed by atoms with Gasteiger partial charge in [0.15, 0.2) is 11.5 Å². The Bertz CT molecular complexity index is 2170. The molecule has 0 aliphatic heterocycles. The second-order valence-electron chi connectivity index (χ2n) is 11.3. The topological polar surface area (TPSA) is 108 Å². The highest BCUT2D eigenvalue weighted by molar-refractivity contribution is 8.00. The normalized spacial score (nSPS) is 12.0. The van der Waals surface area contributed by atoms with Crippen LogP contribution in [0.25, 0.3) is 27.9 Å². The number of hydrogen-bond acceptors (Lipinski definition) is 7. The van der Waals surface area contributed by atoms with Crippen molar-refractivity contribution in [1.29, 1.82) is 0 Å². The zero-order valence-corrected chi connectivity index (χ0v) is 28.7. The first-order valence-corrected chi connectivity index (χ1v) is 16.7. The molecule has 10 heteroatoms. The molecular formula is C40H35N3O6S. The number of fused-ring (bicyclic) bond motifs is 3. The van der Waals surface area contributed by atoms with Crippen LogP contribution in [0.15, 0.2) is 126 Å². The Balaban J connectivity index is 1.26. The molecule has 1 heterocycles. The Kier molecular flexibility index (Phi) is 10.2. The molecule has 50 heavy (non-hydrogen) atoms. The van der Waals surface area contributed by atoms with E-state index in [1.807, 2.05) is 61.5 Å². The third-order valence-electron chi connectivity index (χ3n) is 8.08. The van der Waals surface area contributed by atoms with Gasteiger partial charge in [-0.1, -0.05) is 60.7 Å². The van der Waals surface area contributed by atoms with Gasteiger partial charge in [0.1, 0.15) is 5.70 Å². The maximum Gasteiger partial charge on any atom is 0.272 e. The van der Waals surface area contributed by atoms with Crippen molar-refractivity contribution in [2.45, 2.75) is 17.1 Å².